The van der Waals surface area contributed by atoms with Gasteiger partial charge in [-0.1, -0.05) is 44.1 Å². The van der Waals surface area contributed by atoms with Crippen LogP contribution in [0.5, 0.6) is 0 Å². The first-order valence-electron chi connectivity index (χ1n) is 7.24. The van der Waals surface area contributed by atoms with Crippen LogP contribution in [0.3, 0.4) is 0 Å². The van der Waals surface area contributed by atoms with E-state index >= 15 is 0 Å². The first-order valence-corrected chi connectivity index (χ1v) is 9.13. The molecule has 0 radical (unpaired) electrons. The summed E-state index contributed by atoms with van der Waals surface area (Å²) < 4.78 is 28.1. The van der Waals surface area contributed by atoms with Gasteiger partial charge >= 0.3 is 0 Å². The Bertz CT molecular complexity index is 641. The molecule has 0 aliphatic heterocycles. The Morgan fingerprint density at radius 1 is 1.33 bits per heavy atom. The minimum absolute atomic E-state index is 0.0108. The van der Waals surface area contributed by atoms with Crippen molar-refractivity contribution in [3.63, 3.8) is 0 Å². The average molecular weight is 326 g/mol. The summed E-state index contributed by atoms with van der Waals surface area (Å²) >= 11 is 4.93. The van der Waals surface area contributed by atoms with Gasteiger partial charge in [0.1, 0.15) is 4.99 Å². The van der Waals surface area contributed by atoms with Gasteiger partial charge in [-0.25, -0.2) is 13.1 Å². The second-order valence-electron chi connectivity index (χ2n) is 5.83. The number of aryl methyl sites for hydroxylation is 1. The molecule has 1 aliphatic carbocycles. The van der Waals surface area contributed by atoms with E-state index in [1.165, 1.54) is 6.42 Å². The Labute approximate surface area is 132 Å². The number of thiocarbonyl (C=S) groups is 1. The zero-order valence-electron chi connectivity index (χ0n) is 12.4. The zero-order chi connectivity index (χ0) is 15.6. The van der Waals surface area contributed by atoms with Gasteiger partial charge in [-0.15, -0.1) is 0 Å². The lowest BCUT2D eigenvalue weighted by atomic mass is 9.87. The second kappa shape index (κ2) is 6.42. The smallest absolute Gasteiger partial charge is 0.241 e. The van der Waals surface area contributed by atoms with Crippen LogP contribution < -0.4 is 10.5 Å². The van der Waals surface area contributed by atoms with E-state index in [0.717, 1.165) is 19.3 Å². The molecule has 4 nitrogen and oxygen atoms in total. The number of nitrogens with one attached hydrogen (secondary N) is 1. The predicted molar refractivity (Wildman–Crippen MR) is 88.8 cm³/mol. The Hall–Kier alpha value is -0.980. The monoisotopic (exact) mass is 326 g/mol. The van der Waals surface area contributed by atoms with Gasteiger partial charge in [0, 0.05) is 11.6 Å². The summed E-state index contributed by atoms with van der Waals surface area (Å²) in [7, 11) is -3.54. The molecule has 2 rings (SSSR count). The van der Waals surface area contributed by atoms with Crippen LogP contribution in [0.1, 0.15) is 43.7 Å². The summed E-state index contributed by atoms with van der Waals surface area (Å²) in [6.45, 7) is 3.88. The minimum atomic E-state index is -3.54. The van der Waals surface area contributed by atoms with Crippen molar-refractivity contribution in [2.75, 3.05) is 0 Å². The highest BCUT2D eigenvalue weighted by Gasteiger charge is 2.27. The van der Waals surface area contributed by atoms with Gasteiger partial charge in [0.05, 0.1) is 4.90 Å². The fraction of sp³-hybridized carbons (Fsp3) is 0.533. The Balaban J connectivity index is 2.30. The molecule has 2 atom stereocenters. The molecule has 0 saturated heterocycles. The lowest BCUT2D eigenvalue weighted by Gasteiger charge is -2.29. The van der Waals surface area contributed by atoms with Crippen molar-refractivity contribution in [2.24, 2.45) is 11.7 Å². The highest BCUT2D eigenvalue weighted by atomic mass is 32.2. The quantitative estimate of drug-likeness (QED) is 0.834. The topological polar surface area (TPSA) is 72.2 Å². The molecule has 1 aromatic carbocycles. The van der Waals surface area contributed by atoms with Crippen molar-refractivity contribution < 1.29 is 8.42 Å². The summed E-state index contributed by atoms with van der Waals surface area (Å²) in [5.74, 6) is 0.368. The largest absolute Gasteiger partial charge is 0.389 e. The van der Waals surface area contributed by atoms with Gasteiger partial charge in [0.25, 0.3) is 0 Å². The first kappa shape index (κ1) is 16.4. The molecule has 1 saturated carbocycles. The summed E-state index contributed by atoms with van der Waals surface area (Å²) in [6, 6.07) is 5.07. The lowest BCUT2D eigenvalue weighted by molar-refractivity contribution is 0.310. The Morgan fingerprint density at radius 2 is 2.00 bits per heavy atom. The number of hydrogen-bond donors (Lipinski definition) is 2. The van der Waals surface area contributed by atoms with Crippen LogP contribution >= 0.6 is 12.2 Å². The predicted octanol–water partition coefficient (Wildman–Crippen LogP) is 2.49. The fourth-order valence-electron chi connectivity index (χ4n) is 2.80. The zero-order valence-corrected chi connectivity index (χ0v) is 14.1. The molecule has 0 spiro atoms. The normalized spacial score (nSPS) is 23.0. The second-order valence-corrected chi connectivity index (χ2v) is 7.96. The fourth-order valence-corrected chi connectivity index (χ4v) is 4.57. The van der Waals surface area contributed by atoms with E-state index < -0.39 is 10.0 Å². The molecular weight excluding hydrogens is 304 g/mol. The van der Waals surface area contributed by atoms with Crippen molar-refractivity contribution in [2.45, 2.75) is 50.5 Å². The van der Waals surface area contributed by atoms with E-state index in [4.69, 9.17) is 18.0 Å². The van der Waals surface area contributed by atoms with Crippen LogP contribution in [0.25, 0.3) is 0 Å². The number of benzene rings is 1. The van der Waals surface area contributed by atoms with Crippen LogP contribution in [0.15, 0.2) is 23.1 Å². The summed E-state index contributed by atoms with van der Waals surface area (Å²) in [5.41, 5.74) is 6.88. The molecule has 0 bridgehead atoms. The third kappa shape index (κ3) is 3.81. The van der Waals surface area contributed by atoms with E-state index in [1.807, 2.05) is 0 Å². The number of nitrogens with two attached hydrogens (primary N) is 1. The highest BCUT2D eigenvalue weighted by Crippen LogP contribution is 2.26. The van der Waals surface area contributed by atoms with E-state index in [1.54, 1.807) is 25.1 Å². The number of rotatable bonds is 4. The van der Waals surface area contributed by atoms with Crippen LogP contribution in [0, 0.1) is 12.8 Å². The van der Waals surface area contributed by atoms with Crippen molar-refractivity contribution in [1.29, 1.82) is 0 Å². The van der Waals surface area contributed by atoms with E-state index in [0.29, 0.717) is 17.0 Å². The van der Waals surface area contributed by atoms with Crippen LogP contribution in [0.4, 0.5) is 0 Å². The van der Waals surface area contributed by atoms with Crippen LogP contribution in [0.2, 0.25) is 0 Å². The average Bonchev–Trinajstić information content (AvgIpc) is 2.41. The minimum Gasteiger partial charge on any atom is -0.389 e. The first-order chi connectivity index (χ1) is 9.81. The third-order valence-corrected chi connectivity index (χ3v) is 6.05. The summed E-state index contributed by atoms with van der Waals surface area (Å²) in [5, 5.41) is 0. The molecular formula is C15H22N2O2S2. The maximum absolute atomic E-state index is 12.6. The SMILES string of the molecule is Cc1ccc(C(N)=S)cc1S(=O)(=O)NC1CCCCC1C. The van der Waals surface area contributed by atoms with Crippen LogP contribution in [-0.2, 0) is 10.0 Å². The third-order valence-electron chi connectivity index (χ3n) is 4.18. The molecule has 0 aromatic heterocycles. The van der Waals surface area contributed by atoms with E-state index in [9.17, 15) is 8.42 Å². The molecule has 1 fully saturated rings. The molecule has 3 N–H and O–H groups in total. The molecule has 0 amide bonds. The maximum atomic E-state index is 12.6. The maximum Gasteiger partial charge on any atom is 0.241 e. The van der Waals surface area contributed by atoms with Crippen molar-refractivity contribution in [1.82, 2.24) is 4.72 Å². The van der Waals surface area contributed by atoms with E-state index in [-0.39, 0.29) is 15.9 Å². The van der Waals surface area contributed by atoms with Gasteiger partial charge in [-0.2, -0.15) is 0 Å². The number of hydrogen-bond acceptors (Lipinski definition) is 3. The summed E-state index contributed by atoms with van der Waals surface area (Å²) in [6.07, 6.45) is 4.21. The Kier molecular flexibility index (Phi) is 5.01. The highest BCUT2D eigenvalue weighted by molar-refractivity contribution is 7.89. The van der Waals surface area contributed by atoms with Gasteiger partial charge < -0.3 is 5.73 Å². The van der Waals surface area contributed by atoms with E-state index in [2.05, 4.69) is 11.6 Å². The number of sulfonamides is 1. The van der Waals surface area contributed by atoms with Gasteiger partial charge in [-0.05, 0) is 37.3 Å². The van der Waals surface area contributed by atoms with Crippen molar-refractivity contribution in [3.8, 4) is 0 Å². The molecule has 1 aromatic rings. The lowest BCUT2D eigenvalue weighted by Crippen LogP contribution is -2.41. The summed E-state index contributed by atoms with van der Waals surface area (Å²) in [4.78, 5) is 0.475. The Morgan fingerprint density at radius 3 is 2.62 bits per heavy atom. The van der Waals surface area contributed by atoms with Gasteiger partial charge in [0.15, 0.2) is 0 Å². The van der Waals surface area contributed by atoms with Gasteiger partial charge in [0.2, 0.25) is 10.0 Å². The molecule has 2 unspecified atom stereocenters. The van der Waals surface area contributed by atoms with Crippen molar-refractivity contribution in [3.05, 3.63) is 29.3 Å². The standard InChI is InChI=1S/C15H22N2O2S2/c1-10-5-3-4-6-13(10)17-21(18,19)14-9-12(15(16)20)8-7-11(14)2/h7-10,13,17H,3-6H2,1-2H3,(H2,16,20). The van der Waals surface area contributed by atoms with Crippen LogP contribution in [-0.4, -0.2) is 19.4 Å². The molecule has 0 heterocycles. The van der Waals surface area contributed by atoms with Crippen molar-refractivity contribution >= 4 is 27.2 Å². The molecule has 6 heteroatoms. The van der Waals surface area contributed by atoms with Gasteiger partial charge in [-0.3, -0.25) is 0 Å². The molecule has 1 aliphatic rings. The molecule has 116 valence electrons. The molecule has 21 heavy (non-hydrogen) atoms.